The molecule has 1 fully saturated rings. The average molecular weight is 371 g/mol. The molecule has 1 aliphatic carbocycles. The molecule has 4 nitrogen and oxygen atoms in total. The van der Waals surface area contributed by atoms with Crippen molar-refractivity contribution in [2.24, 2.45) is 5.92 Å². The SMILES string of the molecule is O=C1NC2=CC=C(NCc3cc(F)cc(F)c3)CC2/C1=C/c1cncs1. The van der Waals surface area contributed by atoms with Gasteiger partial charge < -0.3 is 10.6 Å². The number of allylic oxidation sites excluding steroid dienone is 4. The lowest BCUT2D eigenvalue weighted by atomic mass is 9.90. The Morgan fingerprint density at radius 3 is 2.81 bits per heavy atom. The minimum Gasteiger partial charge on any atom is -0.384 e. The number of hydrogen-bond acceptors (Lipinski definition) is 4. The van der Waals surface area contributed by atoms with Gasteiger partial charge in [-0.25, -0.2) is 8.78 Å². The number of nitrogens with zero attached hydrogens (tertiary/aromatic N) is 1. The molecule has 0 saturated carbocycles. The summed E-state index contributed by atoms with van der Waals surface area (Å²) in [4.78, 5) is 17.2. The Balaban J connectivity index is 1.49. The predicted molar refractivity (Wildman–Crippen MR) is 95.7 cm³/mol. The van der Waals surface area contributed by atoms with Gasteiger partial charge in [-0.05, 0) is 42.3 Å². The molecule has 1 aliphatic heterocycles. The van der Waals surface area contributed by atoms with Crippen molar-refractivity contribution < 1.29 is 13.6 Å². The summed E-state index contributed by atoms with van der Waals surface area (Å²) in [6.45, 7) is 0.311. The lowest BCUT2D eigenvalue weighted by Gasteiger charge is -2.20. The van der Waals surface area contributed by atoms with E-state index in [0.717, 1.165) is 22.3 Å². The first-order chi connectivity index (χ1) is 12.6. The first kappa shape index (κ1) is 16.7. The van der Waals surface area contributed by atoms with Crippen LogP contribution in [-0.2, 0) is 11.3 Å². The number of rotatable bonds is 4. The first-order valence-electron chi connectivity index (χ1n) is 8.09. The first-order valence-corrected chi connectivity index (χ1v) is 8.97. The number of nitrogens with one attached hydrogen (secondary N) is 2. The lowest BCUT2D eigenvalue weighted by molar-refractivity contribution is -0.115. The average Bonchev–Trinajstić information content (AvgIpc) is 3.21. The van der Waals surface area contributed by atoms with E-state index in [0.29, 0.717) is 24.1 Å². The molecule has 2 heterocycles. The van der Waals surface area contributed by atoms with Crippen LogP contribution in [0.4, 0.5) is 8.78 Å². The van der Waals surface area contributed by atoms with Crippen molar-refractivity contribution in [2.75, 3.05) is 0 Å². The zero-order valence-corrected chi connectivity index (χ0v) is 14.4. The molecule has 0 bridgehead atoms. The fourth-order valence-electron chi connectivity index (χ4n) is 3.15. The number of carbonyl (C=O) groups is 1. The second kappa shape index (κ2) is 6.84. The van der Waals surface area contributed by atoms with Crippen LogP contribution in [0.25, 0.3) is 6.08 Å². The molecule has 7 heteroatoms. The van der Waals surface area contributed by atoms with Crippen molar-refractivity contribution in [3.63, 3.8) is 0 Å². The van der Waals surface area contributed by atoms with Crippen LogP contribution in [0.5, 0.6) is 0 Å². The summed E-state index contributed by atoms with van der Waals surface area (Å²) in [7, 11) is 0. The normalized spacial score (nSPS) is 20.5. The molecule has 2 N–H and O–H groups in total. The van der Waals surface area contributed by atoms with Gasteiger partial charge in [0.05, 0.1) is 5.51 Å². The largest absolute Gasteiger partial charge is 0.384 e. The summed E-state index contributed by atoms with van der Waals surface area (Å²) in [5, 5.41) is 6.10. The van der Waals surface area contributed by atoms with E-state index >= 15 is 0 Å². The third kappa shape index (κ3) is 3.43. The Bertz CT molecular complexity index is 927. The molecule has 2 aliphatic rings. The molecular weight excluding hydrogens is 356 g/mol. The summed E-state index contributed by atoms with van der Waals surface area (Å²) in [5.41, 5.74) is 4.73. The van der Waals surface area contributed by atoms with Crippen molar-refractivity contribution in [3.05, 3.63) is 81.1 Å². The summed E-state index contributed by atoms with van der Waals surface area (Å²) >= 11 is 1.47. The van der Waals surface area contributed by atoms with Gasteiger partial charge in [0.1, 0.15) is 11.6 Å². The quantitative estimate of drug-likeness (QED) is 0.809. The van der Waals surface area contributed by atoms with Gasteiger partial charge in [0.25, 0.3) is 5.91 Å². The summed E-state index contributed by atoms with van der Waals surface area (Å²) < 4.78 is 26.6. The van der Waals surface area contributed by atoms with E-state index < -0.39 is 11.6 Å². The smallest absolute Gasteiger partial charge is 0.252 e. The fraction of sp³-hybridized carbons (Fsp3) is 0.158. The molecule has 1 amide bonds. The lowest BCUT2D eigenvalue weighted by Crippen LogP contribution is -2.19. The Morgan fingerprint density at radius 1 is 1.27 bits per heavy atom. The zero-order valence-electron chi connectivity index (χ0n) is 13.6. The molecule has 26 heavy (non-hydrogen) atoms. The Hall–Kier alpha value is -2.80. The fourth-order valence-corrected chi connectivity index (χ4v) is 3.71. The molecule has 0 radical (unpaired) electrons. The minimum atomic E-state index is -0.595. The summed E-state index contributed by atoms with van der Waals surface area (Å²) in [6.07, 6.45) is 7.96. The highest BCUT2D eigenvalue weighted by atomic mass is 32.1. The molecule has 1 unspecified atom stereocenters. The molecule has 1 atom stereocenters. The Kier molecular flexibility index (Phi) is 4.38. The van der Waals surface area contributed by atoms with E-state index in [4.69, 9.17) is 0 Å². The van der Waals surface area contributed by atoms with Crippen LogP contribution in [0, 0.1) is 17.6 Å². The van der Waals surface area contributed by atoms with Gasteiger partial charge in [-0.1, -0.05) is 0 Å². The second-order valence-electron chi connectivity index (χ2n) is 6.16. The van der Waals surface area contributed by atoms with Gasteiger partial charge >= 0.3 is 0 Å². The van der Waals surface area contributed by atoms with Gasteiger partial charge in [0.15, 0.2) is 0 Å². The maximum absolute atomic E-state index is 13.3. The van der Waals surface area contributed by atoms with E-state index in [1.165, 1.54) is 23.5 Å². The van der Waals surface area contributed by atoms with Crippen molar-refractivity contribution >= 4 is 23.3 Å². The van der Waals surface area contributed by atoms with E-state index in [-0.39, 0.29) is 11.8 Å². The monoisotopic (exact) mass is 371 g/mol. The highest BCUT2D eigenvalue weighted by Gasteiger charge is 2.34. The molecule has 1 aromatic carbocycles. The number of hydrogen-bond donors (Lipinski definition) is 2. The van der Waals surface area contributed by atoms with Crippen LogP contribution in [-0.4, -0.2) is 10.9 Å². The predicted octanol–water partition coefficient (Wildman–Crippen LogP) is 3.51. The van der Waals surface area contributed by atoms with Crippen molar-refractivity contribution in [2.45, 2.75) is 13.0 Å². The molecule has 1 aromatic heterocycles. The van der Waals surface area contributed by atoms with Crippen molar-refractivity contribution in [1.29, 1.82) is 0 Å². The number of aromatic nitrogens is 1. The third-order valence-electron chi connectivity index (χ3n) is 4.35. The number of benzene rings is 1. The number of thiazole rings is 1. The number of carbonyl (C=O) groups excluding carboxylic acids is 1. The van der Waals surface area contributed by atoms with Gasteiger partial charge in [-0.2, -0.15) is 0 Å². The standard InChI is InChI=1S/C19H15F2N3OS/c20-12-3-11(4-13(21)5-12)8-23-14-1-2-18-16(6-14)17(19(25)24-18)7-15-9-22-10-26-15/h1-5,7,9-10,16,23H,6,8H2,(H,24,25)/b17-7-. The van der Waals surface area contributed by atoms with Gasteiger partial charge in [0, 0.05) is 46.6 Å². The van der Waals surface area contributed by atoms with E-state index in [9.17, 15) is 13.6 Å². The van der Waals surface area contributed by atoms with Crippen LogP contribution >= 0.6 is 11.3 Å². The second-order valence-corrected chi connectivity index (χ2v) is 7.08. The zero-order chi connectivity index (χ0) is 18.1. The highest BCUT2D eigenvalue weighted by Crippen LogP contribution is 2.35. The summed E-state index contributed by atoms with van der Waals surface area (Å²) in [6, 6.07) is 3.46. The molecule has 0 spiro atoms. The van der Waals surface area contributed by atoms with Gasteiger partial charge in [-0.3, -0.25) is 9.78 Å². The van der Waals surface area contributed by atoms with Crippen LogP contribution in [0.1, 0.15) is 16.9 Å². The number of fused-ring (bicyclic) bond motifs is 1. The Labute approximate surface area is 153 Å². The Morgan fingerprint density at radius 2 is 2.08 bits per heavy atom. The molecule has 132 valence electrons. The third-order valence-corrected chi connectivity index (χ3v) is 5.07. The van der Waals surface area contributed by atoms with Crippen LogP contribution in [0.2, 0.25) is 0 Å². The number of halogens is 2. The van der Waals surface area contributed by atoms with Crippen molar-refractivity contribution in [1.82, 2.24) is 15.6 Å². The van der Waals surface area contributed by atoms with E-state index in [1.54, 1.807) is 11.7 Å². The maximum atomic E-state index is 13.3. The minimum absolute atomic E-state index is 0.0543. The van der Waals surface area contributed by atoms with Crippen LogP contribution in [0.15, 0.2) is 59.0 Å². The highest BCUT2D eigenvalue weighted by molar-refractivity contribution is 7.10. The topological polar surface area (TPSA) is 54.0 Å². The van der Waals surface area contributed by atoms with Crippen molar-refractivity contribution in [3.8, 4) is 0 Å². The molecule has 1 saturated heterocycles. The number of amides is 1. The van der Waals surface area contributed by atoms with Gasteiger partial charge in [-0.15, -0.1) is 11.3 Å². The maximum Gasteiger partial charge on any atom is 0.252 e. The van der Waals surface area contributed by atoms with E-state index in [2.05, 4.69) is 15.6 Å². The molecule has 2 aromatic rings. The van der Waals surface area contributed by atoms with Crippen LogP contribution in [0.3, 0.4) is 0 Å². The van der Waals surface area contributed by atoms with Gasteiger partial charge in [0.2, 0.25) is 0 Å². The van der Waals surface area contributed by atoms with E-state index in [1.807, 2.05) is 18.2 Å². The molecule has 4 rings (SSSR count). The molecular formula is C19H15F2N3OS. The summed E-state index contributed by atoms with van der Waals surface area (Å²) in [5.74, 6) is -1.35. The van der Waals surface area contributed by atoms with Crippen LogP contribution < -0.4 is 10.6 Å².